The van der Waals surface area contributed by atoms with Crippen LogP contribution in [0.5, 0.6) is 5.75 Å². The van der Waals surface area contributed by atoms with Crippen molar-refractivity contribution in [3.8, 4) is 11.4 Å². The summed E-state index contributed by atoms with van der Waals surface area (Å²) in [5.41, 5.74) is 7.77. The summed E-state index contributed by atoms with van der Waals surface area (Å²) in [7, 11) is 1.36. The summed E-state index contributed by atoms with van der Waals surface area (Å²) in [6.07, 6.45) is 3.94. The third-order valence-corrected chi connectivity index (χ3v) is 7.59. The van der Waals surface area contributed by atoms with E-state index >= 15 is 0 Å². The van der Waals surface area contributed by atoms with E-state index in [4.69, 9.17) is 10.5 Å². The number of rotatable bonds is 5. The highest BCUT2D eigenvalue weighted by Gasteiger charge is 2.56. The number of benzene rings is 2. The van der Waals surface area contributed by atoms with Crippen molar-refractivity contribution in [3.63, 3.8) is 0 Å². The van der Waals surface area contributed by atoms with E-state index in [0.717, 1.165) is 31.4 Å². The van der Waals surface area contributed by atoms with E-state index in [9.17, 15) is 18.8 Å². The van der Waals surface area contributed by atoms with Crippen molar-refractivity contribution in [1.29, 1.82) is 0 Å². The largest absolute Gasteiger partial charge is 0.494 e. The van der Waals surface area contributed by atoms with Crippen LogP contribution in [0.15, 0.2) is 42.5 Å². The van der Waals surface area contributed by atoms with Crippen molar-refractivity contribution in [2.75, 3.05) is 30.0 Å². The van der Waals surface area contributed by atoms with Crippen LogP contribution < -0.4 is 20.3 Å². The minimum atomic E-state index is -0.730. The molecule has 3 aliphatic rings. The van der Waals surface area contributed by atoms with Crippen LogP contribution in [0.25, 0.3) is 5.69 Å². The molecule has 190 valence electrons. The van der Waals surface area contributed by atoms with E-state index in [-0.39, 0.29) is 34.6 Å². The molecular formula is C27H26FN5O4. The first-order valence-electron chi connectivity index (χ1n) is 12.3. The molecule has 1 aromatic heterocycles. The lowest BCUT2D eigenvalue weighted by Crippen LogP contribution is -2.45. The minimum Gasteiger partial charge on any atom is -0.494 e. The highest BCUT2D eigenvalue weighted by molar-refractivity contribution is 6.10. The number of hydrogen-bond donors (Lipinski definition) is 1. The van der Waals surface area contributed by atoms with Crippen LogP contribution in [-0.4, -0.2) is 47.7 Å². The van der Waals surface area contributed by atoms with Crippen LogP contribution in [0.3, 0.4) is 0 Å². The first-order valence-corrected chi connectivity index (χ1v) is 12.3. The zero-order valence-corrected chi connectivity index (χ0v) is 20.4. The fourth-order valence-corrected chi connectivity index (χ4v) is 5.50. The summed E-state index contributed by atoms with van der Waals surface area (Å²) in [5.74, 6) is -1.55. The third-order valence-electron chi connectivity index (χ3n) is 7.59. The second-order valence-electron chi connectivity index (χ2n) is 9.86. The number of piperidine rings is 1. The normalized spacial score (nSPS) is 18.2. The van der Waals surface area contributed by atoms with E-state index in [2.05, 4.69) is 5.10 Å². The summed E-state index contributed by atoms with van der Waals surface area (Å²) < 4.78 is 20.9. The first kappa shape index (κ1) is 23.2. The number of carbonyl (C=O) groups is 3. The van der Waals surface area contributed by atoms with Gasteiger partial charge in [0, 0.05) is 47.9 Å². The quantitative estimate of drug-likeness (QED) is 0.574. The topological polar surface area (TPSA) is 111 Å². The Hall–Kier alpha value is -4.21. The smallest absolute Gasteiger partial charge is 0.277 e. The predicted octanol–water partition coefficient (Wildman–Crippen LogP) is 3.33. The number of aromatic nitrogens is 2. The number of nitrogens with zero attached hydrogens (tertiary/aromatic N) is 4. The van der Waals surface area contributed by atoms with Crippen LogP contribution in [0.4, 0.5) is 15.8 Å². The van der Waals surface area contributed by atoms with Gasteiger partial charge in [0.2, 0.25) is 5.91 Å². The van der Waals surface area contributed by atoms with Crippen LogP contribution in [0.1, 0.15) is 58.6 Å². The lowest BCUT2D eigenvalue weighted by Gasteiger charge is -2.34. The summed E-state index contributed by atoms with van der Waals surface area (Å²) in [4.78, 5) is 42.1. The Kier molecular flexibility index (Phi) is 5.29. The van der Waals surface area contributed by atoms with Gasteiger partial charge in [-0.25, -0.2) is 9.07 Å². The summed E-state index contributed by atoms with van der Waals surface area (Å²) in [6, 6.07) is 11.6. The zero-order chi connectivity index (χ0) is 25.9. The van der Waals surface area contributed by atoms with Gasteiger partial charge >= 0.3 is 0 Å². The standard InChI is InChI=1S/C27H26FN5O4/c1-37-20-10-9-18(14-19(20)28)33-24-22(23(30-33)25(29)35)27(11-12-27)15-32(26(24)36)17-7-5-16(6-8-17)31-13-3-2-4-21(31)34/h5-10,14H,2-4,11-13,15H2,1H3,(H2,29,35). The van der Waals surface area contributed by atoms with Gasteiger partial charge in [-0.05, 0) is 62.1 Å². The summed E-state index contributed by atoms with van der Waals surface area (Å²) in [5, 5.41) is 4.40. The van der Waals surface area contributed by atoms with Gasteiger partial charge in [0.1, 0.15) is 5.69 Å². The fourth-order valence-electron chi connectivity index (χ4n) is 5.50. The average Bonchev–Trinajstić information content (AvgIpc) is 3.54. The van der Waals surface area contributed by atoms with Crippen molar-refractivity contribution >= 4 is 29.1 Å². The Morgan fingerprint density at radius 2 is 1.70 bits per heavy atom. The van der Waals surface area contributed by atoms with Crippen LogP contribution in [0.2, 0.25) is 0 Å². The SMILES string of the molecule is COc1ccc(-n2nc(C(N)=O)c3c2C(=O)N(c2ccc(N4CCCCC4=O)cc2)CC32CC2)cc1F. The van der Waals surface area contributed by atoms with Gasteiger partial charge in [-0.1, -0.05) is 0 Å². The molecule has 0 unspecified atom stereocenters. The highest BCUT2D eigenvalue weighted by atomic mass is 19.1. The number of nitrogens with two attached hydrogens (primary N) is 1. The maximum Gasteiger partial charge on any atom is 0.277 e. The van der Waals surface area contributed by atoms with Crippen LogP contribution >= 0.6 is 0 Å². The number of hydrogen-bond acceptors (Lipinski definition) is 5. The van der Waals surface area contributed by atoms with Crippen molar-refractivity contribution in [1.82, 2.24) is 9.78 Å². The minimum absolute atomic E-state index is 0.0377. The molecule has 1 saturated heterocycles. The second-order valence-corrected chi connectivity index (χ2v) is 9.86. The van der Waals surface area contributed by atoms with Crippen LogP contribution in [-0.2, 0) is 10.2 Å². The molecule has 2 fully saturated rings. The van der Waals surface area contributed by atoms with Gasteiger partial charge in [-0.3, -0.25) is 14.4 Å². The molecule has 1 spiro atoms. The summed E-state index contributed by atoms with van der Waals surface area (Å²) in [6.45, 7) is 1.06. The third kappa shape index (κ3) is 3.66. The number of methoxy groups -OCH3 is 1. The number of anilines is 2. The maximum atomic E-state index is 14.6. The number of amides is 3. The van der Waals surface area contributed by atoms with E-state index in [1.807, 2.05) is 24.3 Å². The molecule has 0 radical (unpaired) electrons. The second kappa shape index (κ2) is 8.43. The summed E-state index contributed by atoms with van der Waals surface area (Å²) >= 11 is 0. The molecule has 3 aromatic rings. The molecular weight excluding hydrogens is 477 g/mol. The van der Waals surface area contributed by atoms with Crippen molar-refractivity contribution in [2.24, 2.45) is 5.73 Å². The van der Waals surface area contributed by atoms with Crippen molar-refractivity contribution in [3.05, 3.63) is 65.2 Å². The average molecular weight is 504 g/mol. The lowest BCUT2D eigenvalue weighted by molar-refractivity contribution is -0.119. The van der Waals surface area contributed by atoms with Crippen molar-refractivity contribution in [2.45, 2.75) is 37.5 Å². The molecule has 3 heterocycles. The molecule has 0 bridgehead atoms. The van der Waals surface area contributed by atoms with Gasteiger partial charge in [0.15, 0.2) is 17.3 Å². The van der Waals surface area contributed by atoms with E-state index < -0.39 is 17.1 Å². The van der Waals surface area contributed by atoms with Gasteiger partial charge < -0.3 is 20.3 Å². The fraction of sp³-hybridized carbons (Fsp3) is 0.333. The van der Waals surface area contributed by atoms with E-state index in [1.54, 1.807) is 15.9 Å². The Labute approximate surface area is 212 Å². The number of ether oxygens (including phenoxy) is 1. The number of carbonyl (C=O) groups excluding carboxylic acids is 3. The Morgan fingerprint density at radius 1 is 1.03 bits per heavy atom. The molecule has 2 aliphatic heterocycles. The van der Waals surface area contributed by atoms with Gasteiger partial charge in [0.25, 0.3) is 11.8 Å². The van der Waals surface area contributed by atoms with E-state index in [0.29, 0.717) is 30.8 Å². The number of fused-ring (bicyclic) bond motifs is 2. The molecule has 9 nitrogen and oxygen atoms in total. The molecule has 2 N–H and O–H groups in total. The molecule has 0 atom stereocenters. The zero-order valence-electron chi connectivity index (χ0n) is 20.4. The van der Waals surface area contributed by atoms with Crippen molar-refractivity contribution < 1.29 is 23.5 Å². The number of primary amides is 1. The van der Waals surface area contributed by atoms with Gasteiger partial charge in [-0.15, -0.1) is 0 Å². The Bertz CT molecular complexity index is 1440. The molecule has 1 saturated carbocycles. The molecule has 1 aliphatic carbocycles. The highest BCUT2D eigenvalue weighted by Crippen LogP contribution is 2.54. The van der Waals surface area contributed by atoms with Crippen LogP contribution in [0, 0.1) is 5.82 Å². The van der Waals surface area contributed by atoms with Gasteiger partial charge in [0.05, 0.1) is 12.8 Å². The maximum absolute atomic E-state index is 14.6. The number of halogens is 1. The molecule has 10 heteroatoms. The van der Waals surface area contributed by atoms with Gasteiger partial charge in [-0.2, -0.15) is 5.10 Å². The first-order chi connectivity index (χ1) is 17.8. The predicted molar refractivity (Wildman–Crippen MR) is 134 cm³/mol. The molecule has 6 rings (SSSR count). The Morgan fingerprint density at radius 3 is 2.30 bits per heavy atom. The lowest BCUT2D eigenvalue weighted by atomic mass is 9.88. The molecule has 3 amide bonds. The molecule has 37 heavy (non-hydrogen) atoms. The van der Waals surface area contributed by atoms with E-state index in [1.165, 1.54) is 23.9 Å². The monoisotopic (exact) mass is 503 g/mol. The molecule has 2 aromatic carbocycles. The Balaban J connectivity index is 1.43.